The number of hydrogen-bond donors (Lipinski definition) is 0. The van der Waals surface area contributed by atoms with Gasteiger partial charge >= 0.3 is 0 Å². The van der Waals surface area contributed by atoms with E-state index >= 15 is 0 Å². The molecule has 0 fully saturated rings. The van der Waals surface area contributed by atoms with Crippen molar-refractivity contribution in [1.29, 1.82) is 0 Å². The van der Waals surface area contributed by atoms with Crippen LogP contribution < -0.4 is 0 Å². The first-order chi connectivity index (χ1) is 12.5. The van der Waals surface area contributed by atoms with Gasteiger partial charge in [0.05, 0.1) is 0 Å². The quantitative estimate of drug-likeness (QED) is 0.410. The fourth-order valence-electron chi connectivity index (χ4n) is 3.88. The first kappa shape index (κ1) is 22.5. The summed E-state index contributed by atoms with van der Waals surface area (Å²) in [6.07, 6.45) is 39.5. The van der Waals surface area contributed by atoms with E-state index in [0.29, 0.717) is 0 Å². The molecule has 0 aliphatic heterocycles. The predicted molar refractivity (Wildman–Crippen MR) is 115 cm³/mol. The third kappa shape index (κ3) is 18.1. The lowest BCUT2D eigenvalue weighted by atomic mass is 10.0. The van der Waals surface area contributed by atoms with Crippen molar-refractivity contribution < 1.29 is 0 Å². The normalized spacial score (nSPS) is 22.7. The first-order valence-corrected chi connectivity index (χ1v) is 11.8. The summed E-state index contributed by atoms with van der Waals surface area (Å²) in [5, 5.41) is 0. The molecule has 0 aromatic rings. The van der Waals surface area contributed by atoms with Crippen LogP contribution in [0.5, 0.6) is 0 Å². The van der Waals surface area contributed by atoms with Gasteiger partial charge in [-0.05, 0) is 25.7 Å². The Morgan fingerprint density at radius 2 is 0.440 bits per heavy atom. The summed E-state index contributed by atoms with van der Waals surface area (Å²) in [4.78, 5) is 0. The van der Waals surface area contributed by atoms with Gasteiger partial charge in [0.25, 0.3) is 0 Å². The second kappa shape index (κ2) is 19.8. The maximum absolute atomic E-state index is 2.36. The Balaban J connectivity index is 2.09. The van der Waals surface area contributed by atoms with E-state index in [1.165, 1.54) is 135 Å². The lowest BCUT2D eigenvalue weighted by Crippen LogP contribution is -1.84. The topological polar surface area (TPSA) is 0 Å². The molecule has 1 rings (SSSR count). The minimum Gasteiger partial charge on any atom is -0.0845 e. The molecule has 1 aliphatic rings. The van der Waals surface area contributed by atoms with Crippen LogP contribution in [-0.4, -0.2) is 0 Å². The number of hydrogen-bond acceptors (Lipinski definition) is 0. The van der Waals surface area contributed by atoms with Gasteiger partial charge in [-0.3, -0.25) is 0 Å². The first-order valence-electron chi connectivity index (χ1n) is 11.8. The highest BCUT2D eigenvalue weighted by Gasteiger charge is 1.95. The van der Waals surface area contributed by atoms with Crippen molar-refractivity contribution in [3.05, 3.63) is 24.3 Å². The smallest absolute Gasteiger partial charge is 0.0348 e. The Kier molecular flexibility index (Phi) is 17.8. The fourth-order valence-corrected chi connectivity index (χ4v) is 3.88. The van der Waals surface area contributed by atoms with Crippen molar-refractivity contribution in [2.45, 2.75) is 135 Å². The summed E-state index contributed by atoms with van der Waals surface area (Å²) in [6, 6.07) is 0. The number of allylic oxidation sites excluding steroid dienone is 4. The van der Waals surface area contributed by atoms with Crippen LogP contribution in [0.2, 0.25) is 0 Å². The standard InChI is InChI=1S/C25H46/c1-2-4-6-8-10-12-14-16-18-20-22-24-25-23-21-19-17-15-13-11-9-7-5-3-1/h1-4H,5-25H2. The molecule has 25 heavy (non-hydrogen) atoms. The lowest BCUT2D eigenvalue weighted by molar-refractivity contribution is 0.523. The largest absolute Gasteiger partial charge is 0.0845 e. The molecule has 0 N–H and O–H groups in total. The third-order valence-corrected chi connectivity index (χ3v) is 5.62. The minimum absolute atomic E-state index is 1.27. The highest BCUT2D eigenvalue weighted by Crippen LogP contribution is 2.15. The second-order valence-electron chi connectivity index (χ2n) is 8.15. The van der Waals surface area contributed by atoms with Gasteiger partial charge in [0, 0.05) is 0 Å². The molecule has 0 bridgehead atoms. The van der Waals surface area contributed by atoms with Crippen LogP contribution in [0.15, 0.2) is 24.3 Å². The van der Waals surface area contributed by atoms with Crippen LogP contribution in [0.4, 0.5) is 0 Å². The molecule has 0 aromatic heterocycles. The zero-order chi connectivity index (χ0) is 17.7. The SMILES string of the molecule is C1=CCCCCCCCCCCCCCCCCCCCCCC=C1. The Hall–Kier alpha value is -0.520. The summed E-state index contributed by atoms with van der Waals surface area (Å²) < 4.78 is 0. The van der Waals surface area contributed by atoms with E-state index in [2.05, 4.69) is 24.3 Å². The van der Waals surface area contributed by atoms with E-state index in [1.807, 2.05) is 0 Å². The van der Waals surface area contributed by atoms with Gasteiger partial charge in [-0.2, -0.15) is 0 Å². The van der Waals surface area contributed by atoms with Crippen molar-refractivity contribution in [2.24, 2.45) is 0 Å². The van der Waals surface area contributed by atoms with Crippen LogP contribution in [-0.2, 0) is 0 Å². The van der Waals surface area contributed by atoms with Gasteiger partial charge in [0.1, 0.15) is 0 Å². The molecule has 0 heteroatoms. The summed E-state index contributed by atoms with van der Waals surface area (Å²) in [5.74, 6) is 0. The summed E-state index contributed by atoms with van der Waals surface area (Å²) >= 11 is 0. The maximum Gasteiger partial charge on any atom is -0.0348 e. The van der Waals surface area contributed by atoms with Crippen molar-refractivity contribution in [1.82, 2.24) is 0 Å². The van der Waals surface area contributed by atoms with E-state index in [1.54, 1.807) is 0 Å². The van der Waals surface area contributed by atoms with Crippen LogP contribution in [0.1, 0.15) is 135 Å². The highest BCUT2D eigenvalue weighted by atomic mass is 14.0. The molecule has 0 saturated carbocycles. The summed E-state index contributed by atoms with van der Waals surface area (Å²) in [6.45, 7) is 0. The van der Waals surface area contributed by atoms with E-state index in [-0.39, 0.29) is 0 Å². The average molecular weight is 347 g/mol. The number of rotatable bonds is 0. The van der Waals surface area contributed by atoms with Gasteiger partial charge in [-0.15, -0.1) is 0 Å². The Morgan fingerprint density at radius 3 is 0.680 bits per heavy atom. The van der Waals surface area contributed by atoms with Gasteiger partial charge in [-0.1, -0.05) is 133 Å². The molecule has 0 radical (unpaired) electrons. The van der Waals surface area contributed by atoms with Gasteiger partial charge < -0.3 is 0 Å². The molecule has 0 heterocycles. The Labute approximate surface area is 159 Å². The van der Waals surface area contributed by atoms with Gasteiger partial charge in [0.15, 0.2) is 0 Å². The lowest BCUT2D eigenvalue weighted by Gasteiger charge is -2.04. The average Bonchev–Trinajstić information content (AvgIpc) is 2.62. The van der Waals surface area contributed by atoms with Crippen LogP contribution in [0.3, 0.4) is 0 Å². The van der Waals surface area contributed by atoms with Crippen molar-refractivity contribution in [3.63, 3.8) is 0 Å². The molecule has 0 amide bonds. The molecular weight excluding hydrogens is 300 g/mol. The van der Waals surface area contributed by atoms with Crippen molar-refractivity contribution in [2.75, 3.05) is 0 Å². The van der Waals surface area contributed by atoms with E-state index in [9.17, 15) is 0 Å². The molecule has 0 saturated heterocycles. The Morgan fingerprint density at radius 1 is 0.240 bits per heavy atom. The summed E-state index contributed by atoms with van der Waals surface area (Å²) in [5.41, 5.74) is 0. The molecule has 0 aromatic carbocycles. The van der Waals surface area contributed by atoms with Crippen LogP contribution in [0, 0.1) is 0 Å². The monoisotopic (exact) mass is 346 g/mol. The summed E-state index contributed by atoms with van der Waals surface area (Å²) in [7, 11) is 0. The predicted octanol–water partition coefficient (Wildman–Crippen LogP) is 9.30. The van der Waals surface area contributed by atoms with Crippen molar-refractivity contribution in [3.8, 4) is 0 Å². The molecule has 146 valence electrons. The molecular formula is C25H46. The van der Waals surface area contributed by atoms with Crippen LogP contribution in [0.25, 0.3) is 0 Å². The van der Waals surface area contributed by atoms with Crippen LogP contribution >= 0.6 is 0 Å². The molecule has 0 spiro atoms. The van der Waals surface area contributed by atoms with E-state index in [0.717, 1.165) is 0 Å². The fraction of sp³-hybridized carbons (Fsp3) is 0.840. The minimum atomic E-state index is 1.27. The molecule has 1 aliphatic carbocycles. The second-order valence-corrected chi connectivity index (χ2v) is 8.15. The Bertz CT molecular complexity index is 269. The van der Waals surface area contributed by atoms with Crippen molar-refractivity contribution >= 4 is 0 Å². The van der Waals surface area contributed by atoms with E-state index in [4.69, 9.17) is 0 Å². The zero-order valence-electron chi connectivity index (χ0n) is 17.2. The van der Waals surface area contributed by atoms with E-state index < -0.39 is 0 Å². The highest BCUT2D eigenvalue weighted by molar-refractivity contribution is 5.02. The van der Waals surface area contributed by atoms with Gasteiger partial charge in [0.2, 0.25) is 0 Å². The third-order valence-electron chi connectivity index (χ3n) is 5.62. The van der Waals surface area contributed by atoms with Gasteiger partial charge in [-0.25, -0.2) is 0 Å². The molecule has 0 unspecified atom stereocenters. The zero-order valence-corrected chi connectivity index (χ0v) is 17.2. The molecule has 0 atom stereocenters. The maximum atomic E-state index is 2.36. The molecule has 0 nitrogen and oxygen atoms in total.